The van der Waals surface area contributed by atoms with Crippen molar-refractivity contribution in [3.8, 4) is 0 Å². The van der Waals surface area contributed by atoms with Crippen molar-refractivity contribution in [3.63, 3.8) is 0 Å². The van der Waals surface area contributed by atoms with Gasteiger partial charge < -0.3 is 0 Å². The van der Waals surface area contributed by atoms with Gasteiger partial charge in [0.2, 0.25) is 0 Å². The van der Waals surface area contributed by atoms with Crippen molar-refractivity contribution in [1.82, 2.24) is 4.90 Å². The van der Waals surface area contributed by atoms with Crippen LogP contribution >= 0.6 is 0 Å². The van der Waals surface area contributed by atoms with E-state index >= 15 is 0 Å². The summed E-state index contributed by atoms with van der Waals surface area (Å²) in [6, 6.07) is 0. The second kappa shape index (κ2) is 3.58. The third-order valence-corrected chi connectivity index (χ3v) is 2.83. The van der Waals surface area contributed by atoms with Gasteiger partial charge in [0, 0.05) is 31.8 Å². The quantitative estimate of drug-likeness (QED) is 0.641. The first-order valence-corrected chi connectivity index (χ1v) is 5.02. The van der Waals surface area contributed by atoms with Crippen LogP contribution in [0.15, 0.2) is 0 Å². The smallest absolute Gasteiger partial charge is 0.149 e. The van der Waals surface area contributed by atoms with Gasteiger partial charge in [-0.05, 0) is 12.8 Å². The molecule has 0 N–H and O–H groups in total. The molecule has 1 saturated heterocycles. The van der Waals surface area contributed by atoms with E-state index in [-0.39, 0.29) is 0 Å². The molecule has 3 heteroatoms. The number of carbonyl (C=O) groups excluding carboxylic acids is 2. The zero-order valence-corrected chi connectivity index (χ0v) is 7.79. The van der Waals surface area contributed by atoms with Gasteiger partial charge in [-0.2, -0.15) is 0 Å². The van der Waals surface area contributed by atoms with Crippen molar-refractivity contribution < 1.29 is 9.59 Å². The van der Waals surface area contributed by atoms with Crippen LogP contribution in [0.25, 0.3) is 0 Å². The van der Waals surface area contributed by atoms with Gasteiger partial charge in [-0.15, -0.1) is 0 Å². The fourth-order valence-electron chi connectivity index (χ4n) is 1.72. The highest BCUT2D eigenvalue weighted by Crippen LogP contribution is 2.30. The van der Waals surface area contributed by atoms with E-state index < -0.39 is 0 Å². The molecule has 0 aromatic carbocycles. The minimum atomic E-state index is 0.343. The number of nitrogens with zero attached hydrogens (tertiary/aromatic N) is 1. The Balaban J connectivity index is 1.75. The number of piperidine rings is 1. The first-order valence-electron chi connectivity index (χ1n) is 5.02. The summed E-state index contributed by atoms with van der Waals surface area (Å²) in [6.45, 7) is 2.16. The molecular formula is C10H15NO2. The standard InChI is InChI=1S/C10H15NO2/c12-9-3-5-11(6-4-9)7-10(13)8-1-2-8/h8H,1-7H2. The number of hydrogen-bond donors (Lipinski definition) is 0. The largest absolute Gasteiger partial charge is 0.300 e. The first kappa shape index (κ1) is 8.88. The molecule has 0 atom stereocenters. The summed E-state index contributed by atoms with van der Waals surface area (Å²) in [4.78, 5) is 24.5. The van der Waals surface area contributed by atoms with Crippen LogP contribution in [0.5, 0.6) is 0 Å². The lowest BCUT2D eigenvalue weighted by Gasteiger charge is -2.24. The molecule has 13 heavy (non-hydrogen) atoms. The summed E-state index contributed by atoms with van der Waals surface area (Å²) in [5, 5.41) is 0. The second-order valence-electron chi connectivity index (χ2n) is 4.06. The Morgan fingerprint density at radius 1 is 1.31 bits per heavy atom. The molecule has 2 fully saturated rings. The van der Waals surface area contributed by atoms with E-state index in [1.165, 1.54) is 0 Å². The van der Waals surface area contributed by atoms with Crippen molar-refractivity contribution in [2.45, 2.75) is 25.7 Å². The Bertz CT molecular complexity index is 223. The van der Waals surface area contributed by atoms with Crippen LogP contribution in [0.1, 0.15) is 25.7 Å². The third-order valence-electron chi connectivity index (χ3n) is 2.83. The molecule has 1 saturated carbocycles. The summed E-state index contributed by atoms with van der Waals surface area (Å²) in [5.74, 6) is 1.09. The van der Waals surface area contributed by atoms with Gasteiger partial charge in [0.15, 0.2) is 0 Å². The Labute approximate surface area is 78.1 Å². The number of likely N-dealkylation sites (tertiary alicyclic amines) is 1. The molecular weight excluding hydrogens is 166 g/mol. The van der Waals surface area contributed by atoms with Crippen molar-refractivity contribution >= 4 is 11.6 Å². The lowest BCUT2D eigenvalue weighted by molar-refractivity contribution is -0.125. The highest BCUT2D eigenvalue weighted by atomic mass is 16.1. The molecule has 0 bridgehead atoms. The number of hydrogen-bond acceptors (Lipinski definition) is 3. The molecule has 0 aromatic heterocycles. The molecule has 3 nitrogen and oxygen atoms in total. The highest BCUT2D eigenvalue weighted by Gasteiger charge is 2.30. The monoisotopic (exact) mass is 181 g/mol. The number of carbonyl (C=O) groups is 2. The van der Waals surface area contributed by atoms with E-state index in [9.17, 15) is 9.59 Å². The number of rotatable bonds is 3. The fraction of sp³-hybridized carbons (Fsp3) is 0.800. The van der Waals surface area contributed by atoms with Gasteiger partial charge in [0.05, 0.1) is 6.54 Å². The van der Waals surface area contributed by atoms with Crippen LogP contribution in [0, 0.1) is 5.92 Å². The summed E-state index contributed by atoms with van der Waals surface area (Å²) in [6.07, 6.45) is 3.45. The van der Waals surface area contributed by atoms with Crippen molar-refractivity contribution in [2.75, 3.05) is 19.6 Å². The van der Waals surface area contributed by atoms with Crippen molar-refractivity contribution in [1.29, 1.82) is 0 Å². The summed E-state index contributed by atoms with van der Waals surface area (Å²) >= 11 is 0. The summed E-state index contributed by atoms with van der Waals surface area (Å²) in [7, 11) is 0. The van der Waals surface area contributed by atoms with Crippen LogP contribution in [0.3, 0.4) is 0 Å². The van der Waals surface area contributed by atoms with Crippen LogP contribution in [0.2, 0.25) is 0 Å². The SMILES string of the molecule is O=C1CCN(CC(=O)C2CC2)CC1. The fourth-order valence-corrected chi connectivity index (χ4v) is 1.72. The van der Waals surface area contributed by atoms with Gasteiger partial charge >= 0.3 is 0 Å². The van der Waals surface area contributed by atoms with Gasteiger partial charge in [-0.3, -0.25) is 14.5 Å². The van der Waals surface area contributed by atoms with Crippen LogP contribution < -0.4 is 0 Å². The molecule has 0 radical (unpaired) electrons. The Morgan fingerprint density at radius 2 is 1.92 bits per heavy atom. The molecule has 0 spiro atoms. The van der Waals surface area contributed by atoms with E-state index in [4.69, 9.17) is 0 Å². The maximum atomic E-state index is 11.4. The first-order chi connectivity index (χ1) is 6.25. The molecule has 2 aliphatic rings. The molecule has 1 heterocycles. The molecule has 0 aromatic rings. The molecule has 1 aliphatic heterocycles. The van der Waals surface area contributed by atoms with E-state index in [1.54, 1.807) is 0 Å². The van der Waals surface area contributed by atoms with Gasteiger partial charge in [0.25, 0.3) is 0 Å². The lowest BCUT2D eigenvalue weighted by atomic mass is 10.1. The Kier molecular flexibility index (Phi) is 2.44. The number of Topliss-reactive ketones (excluding diaryl/α,β-unsaturated/α-hetero) is 2. The highest BCUT2D eigenvalue weighted by molar-refractivity contribution is 5.85. The molecule has 2 rings (SSSR count). The normalized spacial score (nSPS) is 24.8. The summed E-state index contributed by atoms with van der Waals surface area (Å²) in [5.41, 5.74) is 0. The number of ketones is 2. The summed E-state index contributed by atoms with van der Waals surface area (Å²) < 4.78 is 0. The maximum Gasteiger partial charge on any atom is 0.149 e. The Morgan fingerprint density at radius 3 is 2.46 bits per heavy atom. The van der Waals surface area contributed by atoms with E-state index in [1.807, 2.05) is 0 Å². The van der Waals surface area contributed by atoms with E-state index in [0.717, 1.165) is 25.9 Å². The molecule has 0 amide bonds. The predicted molar refractivity (Wildman–Crippen MR) is 48.4 cm³/mol. The van der Waals surface area contributed by atoms with E-state index in [2.05, 4.69) is 4.90 Å². The van der Waals surface area contributed by atoms with Crippen LogP contribution in [-0.2, 0) is 9.59 Å². The molecule has 72 valence electrons. The van der Waals surface area contributed by atoms with Crippen LogP contribution in [0.4, 0.5) is 0 Å². The van der Waals surface area contributed by atoms with Gasteiger partial charge in [-0.1, -0.05) is 0 Å². The minimum Gasteiger partial charge on any atom is -0.300 e. The Hall–Kier alpha value is -0.700. The average molecular weight is 181 g/mol. The van der Waals surface area contributed by atoms with Crippen molar-refractivity contribution in [2.24, 2.45) is 5.92 Å². The zero-order valence-electron chi connectivity index (χ0n) is 7.79. The van der Waals surface area contributed by atoms with E-state index in [0.29, 0.717) is 36.9 Å². The minimum absolute atomic E-state index is 0.343. The zero-order chi connectivity index (χ0) is 9.26. The topological polar surface area (TPSA) is 37.4 Å². The molecule has 0 unspecified atom stereocenters. The third kappa shape index (κ3) is 2.37. The maximum absolute atomic E-state index is 11.4. The lowest BCUT2D eigenvalue weighted by Crippen LogP contribution is -2.37. The second-order valence-corrected chi connectivity index (χ2v) is 4.06. The van der Waals surface area contributed by atoms with Gasteiger partial charge in [-0.25, -0.2) is 0 Å². The predicted octanol–water partition coefficient (Wildman–Crippen LogP) is 0.630. The van der Waals surface area contributed by atoms with Gasteiger partial charge in [0.1, 0.15) is 11.6 Å². The van der Waals surface area contributed by atoms with Crippen molar-refractivity contribution in [3.05, 3.63) is 0 Å². The molecule has 1 aliphatic carbocycles. The van der Waals surface area contributed by atoms with Crippen LogP contribution in [-0.4, -0.2) is 36.1 Å². The average Bonchev–Trinajstić information content (AvgIpc) is 2.91.